The lowest BCUT2D eigenvalue weighted by molar-refractivity contribution is 0.996. The fraction of sp³-hybridized carbons (Fsp3) is 0. The van der Waals surface area contributed by atoms with Crippen molar-refractivity contribution in [3.8, 4) is 45.3 Å². The van der Waals surface area contributed by atoms with Crippen LogP contribution in [0.3, 0.4) is 0 Å². The van der Waals surface area contributed by atoms with Crippen LogP contribution in [0.2, 0.25) is 0 Å². The normalized spacial score (nSPS) is 11.8. The van der Waals surface area contributed by atoms with Crippen molar-refractivity contribution in [2.75, 3.05) is 0 Å². The van der Waals surface area contributed by atoms with Crippen molar-refractivity contribution < 1.29 is 0 Å². The molecule has 12 rings (SSSR count). The third kappa shape index (κ3) is 5.16. The Morgan fingerprint density at radius 2 is 0.707 bits per heavy atom. The fourth-order valence-corrected chi connectivity index (χ4v) is 8.90. The first-order chi connectivity index (χ1) is 28.7. The van der Waals surface area contributed by atoms with Gasteiger partial charge >= 0.3 is 0 Å². The van der Waals surface area contributed by atoms with Crippen LogP contribution in [0, 0.1) is 0 Å². The van der Waals surface area contributed by atoms with E-state index in [1.165, 1.54) is 43.4 Å². The lowest BCUT2D eigenvalue weighted by Crippen LogP contribution is -2.04. The van der Waals surface area contributed by atoms with Crippen molar-refractivity contribution in [1.29, 1.82) is 0 Å². The predicted molar refractivity (Wildman–Crippen MR) is 242 cm³/mol. The molecule has 12 aromatic rings. The first-order valence-corrected chi connectivity index (χ1v) is 19.7. The topological polar surface area (TPSA) is 35.6 Å². The van der Waals surface area contributed by atoms with E-state index in [-0.39, 0.29) is 0 Å². The van der Waals surface area contributed by atoms with E-state index in [2.05, 4.69) is 215 Å². The molecule has 0 spiro atoms. The van der Waals surface area contributed by atoms with Crippen LogP contribution >= 0.6 is 0 Å². The van der Waals surface area contributed by atoms with Gasteiger partial charge in [-0.25, -0.2) is 9.97 Å². The summed E-state index contributed by atoms with van der Waals surface area (Å²) in [5.41, 5.74) is 11.8. The Kier molecular flexibility index (Phi) is 7.20. The van der Waals surface area contributed by atoms with Crippen molar-refractivity contribution in [2.45, 2.75) is 0 Å². The number of hydrogen-bond donors (Lipinski definition) is 0. The molecule has 9 aromatic carbocycles. The van der Waals surface area contributed by atoms with Crippen molar-refractivity contribution in [2.24, 2.45) is 0 Å². The molecule has 3 heterocycles. The van der Waals surface area contributed by atoms with Crippen LogP contribution in [0.25, 0.3) is 110 Å². The Labute approximate surface area is 334 Å². The fourth-order valence-electron chi connectivity index (χ4n) is 8.90. The molecular weight excluding hydrogens is 705 g/mol. The molecule has 0 radical (unpaired) electrons. The van der Waals surface area contributed by atoms with Crippen LogP contribution in [0.4, 0.5) is 0 Å². The van der Waals surface area contributed by atoms with Gasteiger partial charge in [0.15, 0.2) is 0 Å². The summed E-state index contributed by atoms with van der Waals surface area (Å²) in [4.78, 5) is 10.8. The van der Waals surface area contributed by atoms with Gasteiger partial charge in [0.05, 0.1) is 33.5 Å². The predicted octanol–water partition coefficient (Wildman–Crippen LogP) is 14.0. The van der Waals surface area contributed by atoms with Crippen LogP contribution in [0.1, 0.15) is 0 Å². The molecule has 4 nitrogen and oxygen atoms in total. The lowest BCUT2D eigenvalue weighted by Gasteiger charge is -2.13. The number of hydrogen-bond acceptors (Lipinski definition) is 2. The van der Waals surface area contributed by atoms with Gasteiger partial charge in [-0.05, 0) is 87.3 Å². The van der Waals surface area contributed by atoms with Crippen molar-refractivity contribution in [3.63, 3.8) is 0 Å². The maximum absolute atomic E-state index is 5.40. The maximum atomic E-state index is 5.40. The molecule has 0 fully saturated rings. The van der Waals surface area contributed by atoms with Gasteiger partial charge in [-0.15, -0.1) is 0 Å². The highest BCUT2D eigenvalue weighted by atomic mass is 15.2. The summed E-state index contributed by atoms with van der Waals surface area (Å²) in [6.07, 6.45) is 0. The van der Waals surface area contributed by atoms with Gasteiger partial charge in [0, 0.05) is 38.4 Å². The van der Waals surface area contributed by atoms with Crippen molar-refractivity contribution >= 4 is 65.2 Å². The second-order valence-corrected chi connectivity index (χ2v) is 15.1. The number of nitrogens with zero attached hydrogens (tertiary/aromatic N) is 4. The molecule has 0 atom stereocenters. The monoisotopic (exact) mass is 738 g/mol. The zero-order valence-corrected chi connectivity index (χ0v) is 31.4. The minimum absolute atomic E-state index is 0.636. The zero-order valence-electron chi connectivity index (χ0n) is 31.4. The first kappa shape index (κ1) is 32.4. The highest BCUT2D eigenvalue weighted by Crippen LogP contribution is 2.39. The summed E-state index contributed by atoms with van der Waals surface area (Å²) in [5, 5.41) is 9.56. The number of fused-ring (bicyclic) bond motifs is 8. The zero-order chi connectivity index (χ0) is 38.2. The van der Waals surface area contributed by atoms with Gasteiger partial charge in [0.1, 0.15) is 0 Å². The summed E-state index contributed by atoms with van der Waals surface area (Å²) in [5.74, 6) is 0.636. The van der Waals surface area contributed by atoms with Crippen LogP contribution in [-0.2, 0) is 0 Å². The van der Waals surface area contributed by atoms with Crippen LogP contribution < -0.4 is 0 Å². The summed E-state index contributed by atoms with van der Waals surface area (Å²) < 4.78 is 4.63. The van der Waals surface area contributed by atoms with Crippen LogP contribution in [0.5, 0.6) is 0 Å². The number of aromatic nitrogens is 4. The summed E-state index contributed by atoms with van der Waals surface area (Å²) in [7, 11) is 0. The molecule has 58 heavy (non-hydrogen) atoms. The quantitative estimate of drug-likeness (QED) is 0.176. The highest BCUT2D eigenvalue weighted by molar-refractivity contribution is 6.12. The van der Waals surface area contributed by atoms with E-state index in [1.807, 2.05) is 0 Å². The first-order valence-electron chi connectivity index (χ1n) is 19.7. The van der Waals surface area contributed by atoms with Gasteiger partial charge in [0.2, 0.25) is 5.95 Å². The maximum Gasteiger partial charge on any atom is 0.235 e. The molecular formula is C54H34N4. The lowest BCUT2D eigenvalue weighted by atomic mass is 10.0. The van der Waals surface area contributed by atoms with Gasteiger partial charge in [-0.1, -0.05) is 152 Å². The third-order valence-corrected chi connectivity index (χ3v) is 11.7. The average molecular weight is 739 g/mol. The smallest absolute Gasteiger partial charge is 0.235 e. The number of para-hydroxylation sites is 3. The van der Waals surface area contributed by atoms with E-state index in [0.717, 1.165) is 61.1 Å². The number of rotatable bonds is 5. The molecule has 0 N–H and O–H groups in total. The Bertz CT molecular complexity index is 3480. The Morgan fingerprint density at radius 1 is 0.276 bits per heavy atom. The molecule has 0 amide bonds. The average Bonchev–Trinajstić information content (AvgIpc) is 3.81. The van der Waals surface area contributed by atoms with Crippen molar-refractivity contribution in [1.82, 2.24) is 19.1 Å². The summed E-state index contributed by atoms with van der Waals surface area (Å²) in [6, 6.07) is 73.9. The van der Waals surface area contributed by atoms with Crippen molar-refractivity contribution in [3.05, 3.63) is 206 Å². The Balaban J connectivity index is 1.09. The molecule has 0 aliphatic rings. The minimum Gasteiger partial charge on any atom is -0.309 e. The van der Waals surface area contributed by atoms with E-state index in [1.54, 1.807) is 0 Å². The van der Waals surface area contributed by atoms with E-state index in [9.17, 15) is 0 Å². The number of benzene rings is 9. The van der Waals surface area contributed by atoms with E-state index in [0.29, 0.717) is 5.95 Å². The van der Waals surface area contributed by atoms with Gasteiger partial charge in [-0.2, -0.15) is 0 Å². The molecule has 270 valence electrons. The highest BCUT2D eigenvalue weighted by Gasteiger charge is 2.19. The van der Waals surface area contributed by atoms with E-state index < -0.39 is 0 Å². The summed E-state index contributed by atoms with van der Waals surface area (Å²) >= 11 is 0. The molecule has 0 unspecified atom stereocenters. The van der Waals surface area contributed by atoms with Gasteiger partial charge in [-0.3, -0.25) is 4.57 Å². The molecule has 0 aliphatic heterocycles. The van der Waals surface area contributed by atoms with Crippen LogP contribution in [-0.4, -0.2) is 19.1 Å². The second kappa shape index (κ2) is 12.9. The largest absolute Gasteiger partial charge is 0.309 e. The van der Waals surface area contributed by atoms with Gasteiger partial charge < -0.3 is 4.57 Å². The van der Waals surface area contributed by atoms with E-state index >= 15 is 0 Å². The molecule has 3 aromatic heterocycles. The molecule has 0 bridgehead atoms. The van der Waals surface area contributed by atoms with Gasteiger partial charge in [0.25, 0.3) is 0 Å². The SMILES string of the molecule is c1ccc(-n2c3ccccc3c3ccc(-c4ccc5c6ccccc6n(-c6nc(-c7ccc8ccccc8c7)cc(-c7ccc8ccccc8c7)n6)c5c4)cc32)cc1. The molecule has 0 saturated heterocycles. The minimum atomic E-state index is 0.636. The molecule has 4 heteroatoms. The standard InChI is InChI=1S/C54H34N4/c1-2-16-43(17-3-1)57-50-20-10-8-18-44(50)46-28-26-39(32-52(46)57)40-27-29-47-45-19-9-11-21-51(45)58(53(47)33-40)54-55-48(41-24-22-35-12-4-6-14-37(35)30-41)34-49(56-54)42-25-23-36-13-5-7-15-38(36)31-42/h1-34H. The Hall–Kier alpha value is -7.82. The van der Waals surface area contributed by atoms with E-state index in [4.69, 9.17) is 9.97 Å². The third-order valence-electron chi connectivity index (χ3n) is 11.7. The molecule has 0 aliphatic carbocycles. The molecule has 0 saturated carbocycles. The van der Waals surface area contributed by atoms with Crippen LogP contribution in [0.15, 0.2) is 206 Å². The second-order valence-electron chi connectivity index (χ2n) is 15.1. The summed E-state index contributed by atoms with van der Waals surface area (Å²) in [6.45, 7) is 0. The Morgan fingerprint density at radius 3 is 1.28 bits per heavy atom.